The van der Waals surface area contributed by atoms with E-state index in [9.17, 15) is 0 Å². The molecule has 1 aromatic carbocycles. The van der Waals surface area contributed by atoms with Crippen molar-refractivity contribution < 1.29 is 9.26 Å². The molecule has 0 saturated carbocycles. The van der Waals surface area contributed by atoms with Gasteiger partial charge in [0, 0.05) is 31.8 Å². The van der Waals surface area contributed by atoms with Gasteiger partial charge in [-0.3, -0.25) is 0 Å². The Morgan fingerprint density at radius 3 is 2.69 bits per heavy atom. The van der Waals surface area contributed by atoms with Gasteiger partial charge in [0.1, 0.15) is 5.82 Å². The standard InChI is InChI=1S/C23H25ClN6O2/c1-14-26-23(32-29-14)19-11-15-10-18(25-2)12-20(24)21(15)28-22(19)30-7-5-16(6-8-30)27-17-4-3-9-31-13-17/h10-12,16-17,27H,3-9,13H2,1H3/t17-/m1/s1. The first-order valence-corrected chi connectivity index (χ1v) is 11.4. The predicted octanol–water partition coefficient (Wildman–Crippen LogP) is 4.53. The Morgan fingerprint density at radius 1 is 1.16 bits per heavy atom. The lowest BCUT2D eigenvalue weighted by atomic mass is 10.0. The minimum Gasteiger partial charge on any atom is -0.380 e. The van der Waals surface area contributed by atoms with Gasteiger partial charge in [-0.1, -0.05) is 16.8 Å². The minimum atomic E-state index is 0.427. The highest BCUT2D eigenvalue weighted by Gasteiger charge is 2.27. The summed E-state index contributed by atoms with van der Waals surface area (Å²) >= 11 is 6.49. The monoisotopic (exact) mass is 452 g/mol. The van der Waals surface area contributed by atoms with Crippen LogP contribution in [0.3, 0.4) is 0 Å². The number of piperidine rings is 1. The zero-order valence-electron chi connectivity index (χ0n) is 18.0. The molecule has 9 heteroatoms. The van der Waals surface area contributed by atoms with Gasteiger partial charge in [-0.15, -0.1) is 0 Å². The van der Waals surface area contributed by atoms with E-state index in [1.807, 2.05) is 6.07 Å². The average Bonchev–Trinajstić information content (AvgIpc) is 3.25. The predicted molar refractivity (Wildman–Crippen MR) is 123 cm³/mol. The Balaban J connectivity index is 1.44. The van der Waals surface area contributed by atoms with Crippen LogP contribution in [-0.2, 0) is 4.74 Å². The van der Waals surface area contributed by atoms with Gasteiger partial charge in [-0.2, -0.15) is 4.98 Å². The normalized spacial score (nSPS) is 19.9. The van der Waals surface area contributed by atoms with Crippen molar-refractivity contribution in [2.45, 2.75) is 44.7 Å². The first-order chi connectivity index (χ1) is 15.6. The molecule has 32 heavy (non-hydrogen) atoms. The average molecular weight is 453 g/mol. The third kappa shape index (κ3) is 4.29. The summed E-state index contributed by atoms with van der Waals surface area (Å²) in [6.45, 7) is 12.5. The zero-order valence-corrected chi connectivity index (χ0v) is 18.7. The molecule has 1 atom stereocenters. The maximum absolute atomic E-state index is 7.33. The quantitative estimate of drug-likeness (QED) is 0.582. The van der Waals surface area contributed by atoms with E-state index in [0.717, 1.165) is 62.3 Å². The first kappa shape index (κ1) is 21.1. The van der Waals surface area contributed by atoms with Crippen LogP contribution in [0.4, 0.5) is 11.5 Å². The second-order valence-electron chi connectivity index (χ2n) is 8.46. The van der Waals surface area contributed by atoms with Crippen molar-refractivity contribution in [2.24, 2.45) is 0 Å². The van der Waals surface area contributed by atoms with E-state index in [-0.39, 0.29) is 0 Å². The molecule has 2 saturated heterocycles. The van der Waals surface area contributed by atoms with Crippen molar-refractivity contribution in [3.8, 4) is 11.5 Å². The molecule has 5 rings (SSSR count). The number of rotatable bonds is 4. The van der Waals surface area contributed by atoms with Gasteiger partial charge in [-0.05, 0) is 56.2 Å². The van der Waals surface area contributed by atoms with E-state index in [1.165, 1.54) is 6.42 Å². The molecule has 166 valence electrons. The van der Waals surface area contributed by atoms with E-state index in [2.05, 4.69) is 25.2 Å². The SMILES string of the molecule is [C-]#[N+]c1cc(Cl)c2nc(N3CCC(N[C@@H]4CCCOC4)CC3)c(-c3nc(C)no3)cc2c1. The van der Waals surface area contributed by atoms with Gasteiger partial charge in [0.05, 0.1) is 29.3 Å². The maximum atomic E-state index is 7.33. The number of halogens is 1. The number of fused-ring (bicyclic) bond motifs is 1. The molecule has 8 nitrogen and oxygen atoms in total. The molecular formula is C23H25ClN6O2. The molecule has 0 aliphatic carbocycles. The Morgan fingerprint density at radius 2 is 2.00 bits per heavy atom. The Bertz CT molecular complexity index is 1160. The molecular weight excluding hydrogens is 428 g/mol. The number of aromatic nitrogens is 3. The van der Waals surface area contributed by atoms with Crippen LogP contribution >= 0.6 is 11.6 Å². The fourth-order valence-corrected chi connectivity index (χ4v) is 4.82. The number of benzene rings is 1. The van der Waals surface area contributed by atoms with Crippen LogP contribution in [0.25, 0.3) is 27.2 Å². The van der Waals surface area contributed by atoms with Gasteiger partial charge >= 0.3 is 0 Å². The summed E-state index contributed by atoms with van der Waals surface area (Å²) in [5, 5.41) is 8.98. The van der Waals surface area contributed by atoms with Gasteiger partial charge in [0.15, 0.2) is 11.5 Å². The maximum Gasteiger partial charge on any atom is 0.261 e. The third-order valence-corrected chi connectivity index (χ3v) is 6.44. The molecule has 0 amide bonds. The molecule has 2 aliphatic rings. The number of nitrogens with one attached hydrogen (secondary N) is 1. The van der Waals surface area contributed by atoms with E-state index in [4.69, 9.17) is 32.4 Å². The van der Waals surface area contributed by atoms with Crippen molar-refractivity contribution in [2.75, 3.05) is 31.2 Å². The summed E-state index contributed by atoms with van der Waals surface area (Å²) in [7, 11) is 0. The Labute approximate surface area is 191 Å². The summed E-state index contributed by atoms with van der Waals surface area (Å²) in [4.78, 5) is 15.1. The molecule has 1 N–H and O–H groups in total. The number of hydrogen-bond donors (Lipinski definition) is 1. The summed E-state index contributed by atoms with van der Waals surface area (Å²) in [6.07, 6.45) is 4.34. The van der Waals surface area contributed by atoms with Crippen LogP contribution in [-0.4, -0.2) is 53.5 Å². The smallest absolute Gasteiger partial charge is 0.261 e. The Kier molecular flexibility index (Phi) is 5.96. The fourth-order valence-electron chi connectivity index (χ4n) is 4.55. The van der Waals surface area contributed by atoms with Crippen LogP contribution < -0.4 is 10.2 Å². The van der Waals surface area contributed by atoms with E-state index in [1.54, 1.807) is 19.1 Å². The van der Waals surface area contributed by atoms with Crippen molar-refractivity contribution >= 4 is 34.0 Å². The summed E-state index contributed by atoms with van der Waals surface area (Å²) in [5.74, 6) is 1.78. The molecule has 4 heterocycles. The molecule has 0 bridgehead atoms. The van der Waals surface area contributed by atoms with Gasteiger partial charge in [0.25, 0.3) is 5.89 Å². The van der Waals surface area contributed by atoms with Crippen molar-refractivity contribution in [1.82, 2.24) is 20.4 Å². The van der Waals surface area contributed by atoms with Crippen LogP contribution in [0, 0.1) is 13.5 Å². The van der Waals surface area contributed by atoms with Crippen LogP contribution in [0.15, 0.2) is 22.7 Å². The van der Waals surface area contributed by atoms with E-state index in [0.29, 0.717) is 40.0 Å². The lowest BCUT2D eigenvalue weighted by Crippen LogP contribution is -2.48. The first-order valence-electron chi connectivity index (χ1n) is 11.0. The highest BCUT2D eigenvalue weighted by atomic mass is 35.5. The second-order valence-corrected chi connectivity index (χ2v) is 8.87. The highest BCUT2D eigenvalue weighted by Crippen LogP contribution is 2.37. The largest absolute Gasteiger partial charge is 0.380 e. The van der Waals surface area contributed by atoms with Gasteiger partial charge in [0.2, 0.25) is 0 Å². The van der Waals surface area contributed by atoms with E-state index >= 15 is 0 Å². The van der Waals surface area contributed by atoms with Crippen LogP contribution in [0.5, 0.6) is 0 Å². The molecule has 2 aliphatic heterocycles. The molecule has 2 fully saturated rings. The number of hydrogen-bond acceptors (Lipinski definition) is 7. The van der Waals surface area contributed by atoms with Crippen molar-refractivity contribution in [3.05, 3.63) is 40.5 Å². The number of pyridine rings is 1. The van der Waals surface area contributed by atoms with Crippen LogP contribution in [0.1, 0.15) is 31.5 Å². The summed E-state index contributed by atoms with van der Waals surface area (Å²) in [5.41, 5.74) is 1.92. The van der Waals surface area contributed by atoms with Crippen LogP contribution in [0.2, 0.25) is 5.02 Å². The third-order valence-electron chi connectivity index (χ3n) is 6.15. The van der Waals surface area contributed by atoms with Gasteiger partial charge in [-0.25, -0.2) is 9.83 Å². The molecule has 0 spiro atoms. The second kappa shape index (κ2) is 9.02. The fraction of sp³-hybridized carbons (Fsp3) is 0.478. The number of anilines is 1. The minimum absolute atomic E-state index is 0.427. The van der Waals surface area contributed by atoms with Crippen molar-refractivity contribution in [1.29, 1.82) is 0 Å². The molecule has 2 aromatic heterocycles. The number of ether oxygens (including phenoxy) is 1. The molecule has 0 radical (unpaired) electrons. The lowest BCUT2D eigenvalue weighted by Gasteiger charge is -2.36. The molecule has 3 aromatic rings. The number of nitrogens with zero attached hydrogens (tertiary/aromatic N) is 5. The molecule has 0 unspecified atom stereocenters. The Hall–Kier alpha value is -2.73. The topological polar surface area (TPSA) is 80.7 Å². The number of aryl methyl sites for hydroxylation is 1. The van der Waals surface area contributed by atoms with Crippen molar-refractivity contribution in [3.63, 3.8) is 0 Å². The lowest BCUT2D eigenvalue weighted by molar-refractivity contribution is 0.0650. The van der Waals surface area contributed by atoms with Gasteiger partial charge < -0.3 is 19.5 Å². The van der Waals surface area contributed by atoms with E-state index < -0.39 is 0 Å². The zero-order chi connectivity index (χ0) is 22.1. The summed E-state index contributed by atoms with van der Waals surface area (Å²) in [6, 6.07) is 6.32. The highest BCUT2D eigenvalue weighted by molar-refractivity contribution is 6.35. The summed E-state index contributed by atoms with van der Waals surface area (Å²) < 4.78 is 11.1.